The van der Waals surface area contributed by atoms with Crippen molar-refractivity contribution in [3.63, 3.8) is 0 Å². The summed E-state index contributed by atoms with van der Waals surface area (Å²) in [5.74, 6) is -0.0393. The number of benzene rings is 3. The van der Waals surface area contributed by atoms with Gasteiger partial charge in [0.25, 0.3) is 0 Å². The van der Waals surface area contributed by atoms with Crippen LogP contribution < -0.4 is 4.74 Å². The van der Waals surface area contributed by atoms with Gasteiger partial charge in [0.05, 0.1) is 0 Å². The topological polar surface area (TPSA) is 46.5 Å². The van der Waals surface area contributed by atoms with Crippen LogP contribution in [0.4, 0.5) is 0 Å². The summed E-state index contributed by atoms with van der Waals surface area (Å²) < 4.78 is 5.84. The number of halogens is 1. The molecule has 0 aliphatic carbocycles. The van der Waals surface area contributed by atoms with Crippen molar-refractivity contribution >= 4 is 17.6 Å². The standard InChI is InChI=1S/C22H19ClO3/c23-21-12-8-17(14-20(21)18-4-2-1-3-5-18)15-26-19-10-6-16(7-11-19)9-13-22(24)25/h1-8,10-12,14H,9,13,15H2,(H,24,25). The van der Waals surface area contributed by atoms with Crippen molar-refractivity contribution in [2.45, 2.75) is 19.4 Å². The van der Waals surface area contributed by atoms with E-state index in [0.29, 0.717) is 18.1 Å². The van der Waals surface area contributed by atoms with Gasteiger partial charge in [-0.05, 0) is 47.4 Å². The lowest BCUT2D eigenvalue weighted by Gasteiger charge is -2.10. The fraction of sp³-hybridized carbons (Fsp3) is 0.136. The number of carbonyl (C=O) groups is 1. The normalized spacial score (nSPS) is 10.5. The van der Waals surface area contributed by atoms with Crippen LogP contribution in [-0.4, -0.2) is 11.1 Å². The molecule has 3 aromatic carbocycles. The third-order valence-electron chi connectivity index (χ3n) is 4.07. The molecule has 0 unspecified atom stereocenters. The lowest BCUT2D eigenvalue weighted by molar-refractivity contribution is -0.136. The average Bonchev–Trinajstić information content (AvgIpc) is 2.67. The van der Waals surface area contributed by atoms with E-state index in [1.165, 1.54) is 0 Å². The van der Waals surface area contributed by atoms with Crippen LogP contribution in [0.3, 0.4) is 0 Å². The first kappa shape index (κ1) is 18.0. The van der Waals surface area contributed by atoms with Crippen molar-refractivity contribution in [2.75, 3.05) is 0 Å². The van der Waals surface area contributed by atoms with Gasteiger partial charge in [-0.25, -0.2) is 0 Å². The Kier molecular flexibility index (Phi) is 5.92. The van der Waals surface area contributed by atoms with Gasteiger partial charge in [-0.2, -0.15) is 0 Å². The minimum atomic E-state index is -0.790. The zero-order valence-electron chi connectivity index (χ0n) is 14.2. The molecule has 0 fully saturated rings. The van der Waals surface area contributed by atoms with E-state index in [9.17, 15) is 4.79 Å². The maximum atomic E-state index is 10.6. The molecule has 0 bridgehead atoms. The molecule has 3 rings (SSSR count). The largest absolute Gasteiger partial charge is 0.489 e. The van der Waals surface area contributed by atoms with Gasteiger partial charge in [0.15, 0.2) is 0 Å². The summed E-state index contributed by atoms with van der Waals surface area (Å²) in [6.45, 7) is 0.436. The minimum Gasteiger partial charge on any atom is -0.489 e. The molecule has 26 heavy (non-hydrogen) atoms. The molecule has 0 saturated heterocycles. The minimum absolute atomic E-state index is 0.132. The highest BCUT2D eigenvalue weighted by Gasteiger charge is 2.06. The van der Waals surface area contributed by atoms with Crippen LogP contribution in [0.2, 0.25) is 5.02 Å². The van der Waals surface area contributed by atoms with Gasteiger partial charge in [0, 0.05) is 17.0 Å². The zero-order chi connectivity index (χ0) is 18.4. The molecule has 0 spiro atoms. The second-order valence-electron chi connectivity index (χ2n) is 6.01. The number of rotatable bonds is 7. The number of ether oxygens (including phenoxy) is 1. The first-order valence-corrected chi connectivity index (χ1v) is 8.77. The molecule has 0 aliphatic rings. The highest BCUT2D eigenvalue weighted by atomic mass is 35.5. The molecule has 132 valence electrons. The van der Waals surface area contributed by atoms with E-state index in [4.69, 9.17) is 21.4 Å². The maximum absolute atomic E-state index is 10.6. The van der Waals surface area contributed by atoms with Gasteiger partial charge in [-0.1, -0.05) is 60.1 Å². The lowest BCUT2D eigenvalue weighted by Crippen LogP contribution is -1.98. The van der Waals surface area contributed by atoms with Gasteiger partial charge in [-0.3, -0.25) is 4.79 Å². The molecule has 0 atom stereocenters. The predicted octanol–water partition coefficient (Wildman–Crippen LogP) is 5.60. The van der Waals surface area contributed by atoms with Gasteiger partial charge in [0.1, 0.15) is 12.4 Å². The average molecular weight is 367 g/mol. The Labute approximate surface area is 157 Å². The molecular formula is C22H19ClO3. The molecule has 1 N–H and O–H groups in total. The predicted molar refractivity (Wildman–Crippen MR) is 104 cm³/mol. The van der Waals surface area contributed by atoms with E-state index in [2.05, 4.69) is 0 Å². The number of carboxylic acids is 1. The molecule has 0 saturated carbocycles. The van der Waals surface area contributed by atoms with E-state index in [1.54, 1.807) is 0 Å². The first-order chi connectivity index (χ1) is 12.6. The Morgan fingerprint density at radius 2 is 1.62 bits per heavy atom. The number of hydrogen-bond acceptors (Lipinski definition) is 2. The molecule has 3 nitrogen and oxygen atoms in total. The molecule has 3 aromatic rings. The first-order valence-electron chi connectivity index (χ1n) is 8.39. The summed E-state index contributed by atoms with van der Waals surface area (Å²) in [6.07, 6.45) is 0.653. The maximum Gasteiger partial charge on any atom is 0.303 e. The molecule has 0 aromatic heterocycles. The van der Waals surface area contributed by atoms with Gasteiger partial charge in [0.2, 0.25) is 0 Å². The van der Waals surface area contributed by atoms with Crippen LogP contribution in [0.1, 0.15) is 17.5 Å². The number of aliphatic carboxylic acids is 1. The van der Waals surface area contributed by atoms with Crippen molar-refractivity contribution in [1.82, 2.24) is 0 Å². The summed E-state index contributed by atoms with van der Waals surface area (Å²) in [4.78, 5) is 10.6. The van der Waals surface area contributed by atoms with E-state index >= 15 is 0 Å². The molecule has 0 heterocycles. The Hall–Kier alpha value is -2.78. The second kappa shape index (κ2) is 8.54. The van der Waals surface area contributed by atoms with Crippen molar-refractivity contribution in [3.05, 3.63) is 88.9 Å². The Morgan fingerprint density at radius 1 is 0.923 bits per heavy atom. The summed E-state index contributed by atoms with van der Waals surface area (Å²) in [5, 5.41) is 9.44. The lowest BCUT2D eigenvalue weighted by atomic mass is 10.0. The summed E-state index contributed by atoms with van der Waals surface area (Å²) >= 11 is 6.33. The number of carboxylic acid groups (broad SMARTS) is 1. The molecule has 0 aliphatic heterocycles. The molecule has 0 radical (unpaired) electrons. The summed E-state index contributed by atoms with van der Waals surface area (Å²) in [5.41, 5.74) is 4.07. The fourth-order valence-corrected chi connectivity index (χ4v) is 2.90. The second-order valence-corrected chi connectivity index (χ2v) is 6.41. The third-order valence-corrected chi connectivity index (χ3v) is 4.40. The summed E-state index contributed by atoms with van der Waals surface area (Å²) in [7, 11) is 0. The number of aryl methyl sites for hydroxylation is 1. The van der Waals surface area contributed by atoms with E-state index in [1.807, 2.05) is 72.8 Å². The van der Waals surface area contributed by atoms with E-state index in [0.717, 1.165) is 28.0 Å². The third kappa shape index (κ3) is 4.87. The van der Waals surface area contributed by atoms with Crippen molar-refractivity contribution in [3.8, 4) is 16.9 Å². The fourth-order valence-electron chi connectivity index (χ4n) is 2.67. The van der Waals surface area contributed by atoms with Crippen LogP contribution in [0.5, 0.6) is 5.75 Å². The highest BCUT2D eigenvalue weighted by molar-refractivity contribution is 6.33. The van der Waals surface area contributed by atoms with Gasteiger partial charge in [-0.15, -0.1) is 0 Å². The van der Waals surface area contributed by atoms with Crippen molar-refractivity contribution in [2.24, 2.45) is 0 Å². The van der Waals surface area contributed by atoms with Crippen LogP contribution in [0, 0.1) is 0 Å². The molecule has 4 heteroatoms. The SMILES string of the molecule is O=C(O)CCc1ccc(OCc2ccc(Cl)c(-c3ccccc3)c2)cc1. The quantitative estimate of drug-likeness (QED) is 0.591. The van der Waals surface area contributed by atoms with E-state index in [-0.39, 0.29) is 6.42 Å². The van der Waals surface area contributed by atoms with Crippen molar-refractivity contribution < 1.29 is 14.6 Å². The van der Waals surface area contributed by atoms with Gasteiger partial charge < -0.3 is 9.84 Å². The van der Waals surface area contributed by atoms with Crippen molar-refractivity contribution in [1.29, 1.82) is 0 Å². The smallest absolute Gasteiger partial charge is 0.303 e. The van der Waals surface area contributed by atoms with Crippen LogP contribution in [0.25, 0.3) is 11.1 Å². The Balaban J connectivity index is 1.65. The Bertz CT molecular complexity index is 874. The zero-order valence-corrected chi connectivity index (χ0v) is 14.9. The Morgan fingerprint density at radius 3 is 2.31 bits per heavy atom. The van der Waals surface area contributed by atoms with Crippen LogP contribution >= 0.6 is 11.6 Å². The summed E-state index contributed by atoms with van der Waals surface area (Å²) in [6, 6.07) is 23.4. The van der Waals surface area contributed by atoms with Crippen LogP contribution in [0.15, 0.2) is 72.8 Å². The highest BCUT2D eigenvalue weighted by Crippen LogP contribution is 2.29. The van der Waals surface area contributed by atoms with E-state index < -0.39 is 5.97 Å². The van der Waals surface area contributed by atoms with Crippen LogP contribution in [-0.2, 0) is 17.8 Å². The van der Waals surface area contributed by atoms with Gasteiger partial charge >= 0.3 is 5.97 Å². The molecular weight excluding hydrogens is 348 g/mol. The monoisotopic (exact) mass is 366 g/mol. The molecule has 0 amide bonds. The number of hydrogen-bond donors (Lipinski definition) is 1.